The zero-order valence-electron chi connectivity index (χ0n) is 16.9. The van der Waals surface area contributed by atoms with E-state index in [2.05, 4.69) is 33.2 Å². The topological polar surface area (TPSA) is 83.7 Å². The number of imidazole rings is 1. The maximum absolute atomic E-state index is 5.57. The molecule has 2 atom stereocenters. The Balaban J connectivity index is 1.59. The van der Waals surface area contributed by atoms with Crippen LogP contribution in [0.2, 0.25) is 0 Å². The van der Waals surface area contributed by atoms with Crippen LogP contribution in [0.1, 0.15) is 29.4 Å². The average Bonchev–Trinajstić information content (AvgIpc) is 3.45. The molecule has 152 valence electrons. The number of benzene rings is 1. The number of aromatic nitrogens is 5. The highest BCUT2D eigenvalue weighted by Gasteiger charge is 2.42. The standard InChI is InChI=1S/C22H21N5O3/c1-28-19-7-5-4-6-13(19)14-10-15(14)16-11-18(26-27-9-8-23-20(16)27)17-12-24-22(30-3)25-21(17)29-2/h4-9,11-12,14-15H,10H2,1-3H3/t14-,15+/m1/s1. The smallest absolute Gasteiger partial charge is 0.319 e. The lowest BCUT2D eigenvalue weighted by atomic mass is 10.0. The predicted octanol–water partition coefficient (Wildman–Crippen LogP) is 3.48. The van der Waals surface area contributed by atoms with Crippen LogP contribution in [0.4, 0.5) is 0 Å². The maximum atomic E-state index is 5.57. The molecule has 0 radical (unpaired) electrons. The molecule has 5 rings (SSSR count). The van der Waals surface area contributed by atoms with Crippen molar-refractivity contribution in [1.29, 1.82) is 0 Å². The lowest BCUT2D eigenvalue weighted by Crippen LogP contribution is -2.02. The quantitative estimate of drug-likeness (QED) is 0.487. The van der Waals surface area contributed by atoms with Crippen molar-refractivity contribution in [3.63, 3.8) is 0 Å². The summed E-state index contributed by atoms with van der Waals surface area (Å²) in [6.07, 6.45) is 6.31. The maximum Gasteiger partial charge on any atom is 0.319 e. The Bertz CT molecular complexity index is 1220. The summed E-state index contributed by atoms with van der Waals surface area (Å²) in [6, 6.07) is 10.5. The summed E-state index contributed by atoms with van der Waals surface area (Å²) >= 11 is 0. The van der Waals surface area contributed by atoms with E-state index in [1.807, 2.05) is 18.3 Å². The highest BCUT2D eigenvalue weighted by molar-refractivity contribution is 5.68. The van der Waals surface area contributed by atoms with E-state index in [4.69, 9.17) is 19.3 Å². The average molecular weight is 403 g/mol. The van der Waals surface area contributed by atoms with E-state index in [0.29, 0.717) is 23.3 Å². The normalized spacial score (nSPS) is 17.7. The molecule has 0 saturated heterocycles. The number of rotatable bonds is 6. The molecule has 1 aliphatic carbocycles. The first kappa shape index (κ1) is 18.4. The third-order valence-corrected chi connectivity index (χ3v) is 5.50. The van der Waals surface area contributed by atoms with Crippen LogP contribution in [-0.4, -0.2) is 45.9 Å². The van der Waals surface area contributed by atoms with Gasteiger partial charge in [0.15, 0.2) is 5.65 Å². The van der Waals surface area contributed by atoms with Crippen LogP contribution in [0.25, 0.3) is 16.9 Å². The minimum atomic E-state index is 0.248. The number of hydrogen-bond acceptors (Lipinski definition) is 7. The second-order valence-electron chi connectivity index (χ2n) is 7.15. The highest BCUT2D eigenvalue weighted by Crippen LogP contribution is 2.57. The summed E-state index contributed by atoms with van der Waals surface area (Å²) in [5.74, 6) is 2.05. The highest BCUT2D eigenvalue weighted by atomic mass is 16.5. The molecule has 0 N–H and O–H groups in total. The van der Waals surface area contributed by atoms with Gasteiger partial charge in [-0.15, -0.1) is 0 Å². The van der Waals surface area contributed by atoms with Crippen LogP contribution in [-0.2, 0) is 0 Å². The Morgan fingerprint density at radius 2 is 1.80 bits per heavy atom. The van der Waals surface area contributed by atoms with E-state index in [0.717, 1.165) is 29.1 Å². The first-order chi connectivity index (χ1) is 14.7. The molecule has 1 aromatic carbocycles. The summed E-state index contributed by atoms with van der Waals surface area (Å²) in [5.41, 5.74) is 4.64. The van der Waals surface area contributed by atoms with E-state index in [-0.39, 0.29) is 6.01 Å². The van der Waals surface area contributed by atoms with Crippen molar-refractivity contribution in [2.45, 2.75) is 18.3 Å². The van der Waals surface area contributed by atoms with E-state index in [1.165, 1.54) is 12.7 Å². The summed E-state index contributed by atoms with van der Waals surface area (Å²) in [4.78, 5) is 13.1. The second kappa shape index (κ2) is 7.29. The van der Waals surface area contributed by atoms with Crippen LogP contribution >= 0.6 is 0 Å². The van der Waals surface area contributed by atoms with Gasteiger partial charge in [-0.3, -0.25) is 0 Å². The molecule has 3 aromatic heterocycles. The molecule has 0 spiro atoms. The minimum absolute atomic E-state index is 0.248. The Morgan fingerprint density at radius 3 is 2.60 bits per heavy atom. The van der Waals surface area contributed by atoms with Gasteiger partial charge in [0.05, 0.1) is 32.6 Å². The number of ether oxygens (including phenoxy) is 3. The van der Waals surface area contributed by atoms with E-state index >= 15 is 0 Å². The van der Waals surface area contributed by atoms with Crippen molar-refractivity contribution in [3.8, 4) is 28.9 Å². The summed E-state index contributed by atoms with van der Waals surface area (Å²) in [6.45, 7) is 0. The molecular weight excluding hydrogens is 382 g/mol. The van der Waals surface area contributed by atoms with Gasteiger partial charge >= 0.3 is 6.01 Å². The number of fused-ring (bicyclic) bond motifs is 1. The third-order valence-electron chi connectivity index (χ3n) is 5.50. The molecule has 1 saturated carbocycles. The first-order valence-corrected chi connectivity index (χ1v) is 9.66. The van der Waals surface area contributed by atoms with Crippen molar-refractivity contribution in [3.05, 3.63) is 60.0 Å². The largest absolute Gasteiger partial charge is 0.496 e. The lowest BCUT2D eigenvalue weighted by molar-refractivity contribution is 0.353. The Morgan fingerprint density at radius 1 is 0.967 bits per heavy atom. The minimum Gasteiger partial charge on any atom is -0.496 e. The summed E-state index contributed by atoms with van der Waals surface area (Å²) in [5, 5.41) is 4.70. The molecule has 0 unspecified atom stereocenters. The fraction of sp³-hybridized carbons (Fsp3) is 0.273. The molecular formula is C22H21N5O3. The first-order valence-electron chi connectivity index (χ1n) is 9.66. The molecule has 0 aliphatic heterocycles. The monoisotopic (exact) mass is 403 g/mol. The van der Waals surface area contributed by atoms with Gasteiger partial charge in [0, 0.05) is 24.2 Å². The molecule has 8 nitrogen and oxygen atoms in total. The van der Waals surface area contributed by atoms with Gasteiger partial charge in [0.2, 0.25) is 5.88 Å². The number of hydrogen-bond donors (Lipinski definition) is 0. The van der Waals surface area contributed by atoms with Gasteiger partial charge in [-0.25, -0.2) is 14.5 Å². The molecule has 8 heteroatoms. The SMILES string of the molecule is COc1ncc(-c2cc([C@H]3C[C@@H]3c3ccccc3OC)c3nccn3n2)c(OC)n1. The van der Waals surface area contributed by atoms with Crippen molar-refractivity contribution >= 4 is 5.65 Å². The lowest BCUT2D eigenvalue weighted by Gasteiger charge is -2.11. The van der Waals surface area contributed by atoms with Crippen molar-refractivity contribution in [2.24, 2.45) is 0 Å². The van der Waals surface area contributed by atoms with Crippen LogP contribution in [0.5, 0.6) is 17.6 Å². The van der Waals surface area contributed by atoms with Crippen LogP contribution in [0, 0.1) is 0 Å². The van der Waals surface area contributed by atoms with Crippen LogP contribution in [0.15, 0.2) is 48.9 Å². The second-order valence-corrected chi connectivity index (χ2v) is 7.15. The zero-order valence-corrected chi connectivity index (χ0v) is 16.9. The molecule has 1 fully saturated rings. The van der Waals surface area contributed by atoms with Gasteiger partial charge in [-0.2, -0.15) is 10.1 Å². The molecule has 0 amide bonds. The molecule has 1 aliphatic rings. The molecule has 0 bridgehead atoms. The number of methoxy groups -OCH3 is 3. The fourth-order valence-corrected chi connectivity index (χ4v) is 3.98. The van der Waals surface area contributed by atoms with Gasteiger partial charge in [0.25, 0.3) is 0 Å². The molecule has 4 aromatic rings. The number of para-hydroxylation sites is 1. The van der Waals surface area contributed by atoms with Crippen LogP contribution < -0.4 is 14.2 Å². The van der Waals surface area contributed by atoms with Gasteiger partial charge in [0.1, 0.15) is 5.75 Å². The Kier molecular flexibility index (Phi) is 4.46. The Hall–Kier alpha value is -3.68. The fourth-order valence-electron chi connectivity index (χ4n) is 3.98. The predicted molar refractivity (Wildman–Crippen MR) is 110 cm³/mol. The van der Waals surface area contributed by atoms with Crippen molar-refractivity contribution in [2.75, 3.05) is 21.3 Å². The van der Waals surface area contributed by atoms with Gasteiger partial charge in [-0.1, -0.05) is 18.2 Å². The van der Waals surface area contributed by atoms with E-state index < -0.39 is 0 Å². The summed E-state index contributed by atoms with van der Waals surface area (Å²) in [7, 11) is 4.80. The van der Waals surface area contributed by atoms with Crippen LogP contribution in [0.3, 0.4) is 0 Å². The Labute approximate surface area is 173 Å². The molecule has 30 heavy (non-hydrogen) atoms. The van der Waals surface area contributed by atoms with Crippen molar-refractivity contribution in [1.82, 2.24) is 24.6 Å². The third kappa shape index (κ3) is 3.01. The number of nitrogens with zero attached hydrogens (tertiary/aromatic N) is 5. The zero-order chi connectivity index (χ0) is 20.7. The summed E-state index contributed by atoms with van der Waals surface area (Å²) < 4.78 is 17.9. The van der Waals surface area contributed by atoms with E-state index in [9.17, 15) is 0 Å². The van der Waals surface area contributed by atoms with E-state index in [1.54, 1.807) is 31.1 Å². The van der Waals surface area contributed by atoms with Gasteiger partial charge in [-0.05, 0) is 36.0 Å². The van der Waals surface area contributed by atoms with Crippen molar-refractivity contribution < 1.29 is 14.2 Å². The molecule has 3 heterocycles. The van der Waals surface area contributed by atoms with Gasteiger partial charge < -0.3 is 14.2 Å².